The average Bonchev–Trinajstić information content (AvgIpc) is 2.24. The SMILES string of the molecule is CC(C)(N)CNc1cccc(C#N)c1[N+](=O)[O-]. The van der Waals surface area contributed by atoms with Crippen LogP contribution in [0, 0.1) is 21.4 Å². The van der Waals surface area contributed by atoms with Gasteiger partial charge in [0.25, 0.3) is 0 Å². The van der Waals surface area contributed by atoms with Crippen molar-refractivity contribution in [3.05, 3.63) is 33.9 Å². The Labute approximate surface area is 99.2 Å². The highest BCUT2D eigenvalue weighted by Crippen LogP contribution is 2.28. The molecule has 0 heterocycles. The van der Waals surface area contributed by atoms with E-state index in [1.165, 1.54) is 6.07 Å². The first-order valence-corrected chi connectivity index (χ1v) is 5.05. The Morgan fingerprint density at radius 2 is 2.24 bits per heavy atom. The van der Waals surface area contributed by atoms with Gasteiger partial charge in [-0.3, -0.25) is 10.1 Å². The number of nitriles is 1. The van der Waals surface area contributed by atoms with Gasteiger partial charge in [-0.2, -0.15) is 5.26 Å². The number of anilines is 1. The molecule has 0 radical (unpaired) electrons. The van der Waals surface area contributed by atoms with Crippen molar-refractivity contribution >= 4 is 11.4 Å². The second-order valence-electron chi connectivity index (χ2n) is 4.41. The van der Waals surface area contributed by atoms with Crippen molar-refractivity contribution in [2.45, 2.75) is 19.4 Å². The molecule has 6 nitrogen and oxygen atoms in total. The molecule has 6 heteroatoms. The number of nitrogens with two attached hydrogens (primary N) is 1. The predicted molar refractivity (Wildman–Crippen MR) is 64.6 cm³/mol. The van der Waals surface area contributed by atoms with Crippen LogP contribution in [-0.4, -0.2) is 17.0 Å². The summed E-state index contributed by atoms with van der Waals surface area (Å²) in [6.45, 7) is 3.99. The van der Waals surface area contributed by atoms with Crippen molar-refractivity contribution in [1.82, 2.24) is 0 Å². The van der Waals surface area contributed by atoms with Crippen LogP contribution in [0.15, 0.2) is 18.2 Å². The van der Waals surface area contributed by atoms with Gasteiger partial charge in [0.15, 0.2) is 0 Å². The maximum Gasteiger partial charge on any atom is 0.309 e. The summed E-state index contributed by atoms with van der Waals surface area (Å²) in [5.74, 6) is 0. The summed E-state index contributed by atoms with van der Waals surface area (Å²) in [7, 11) is 0. The molecule has 0 atom stereocenters. The normalized spacial score (nSPS) is 10.7. The Kier molecular flexibility index (Phi) is 3.66. The van der Waals surface area contributed by atoms with Gasteiger partial charge in [0.05, 0.1) is 4.92 Å². The van der Waals surface area contributed by atoms with Gasteiger partial charge in [-0.25, -0.2) is 0 Å². The third-order valence-corrected chi connectivity index (χ3v) is 2.07. The highest BCUT2D eigenvalue weighted by atomic mass is 16.6. The molecule has 3 N–H and O–H groups in total. The van der Waals surface area contributed by atoms with Crippen molar-refractivity contribution in [2.75, 3.05) is 11.9 Å². The predicted octanol–water partition coefficient (Wildman–Crippen LogP) is 1.62. The van der Waals surface area contributed by atoms with E-state index in [-0.39, 0.29) is 11.3 Å². The number of benzene rings is 1. The lowest BCUT2D eigenvalue weighted by Crippen LogP contribution is -2.39. The van der Waals surface area contributed by atoms with Crippen LogP contribution in [0.1, 0.15) is 19.4 Å². The lowest BCUT2D eigenvalue weighted by molar-refractivity contribution is -0.384. The van der Waals surface area contributed by atoms with Crippen LogP contribution in [0.2, 0.25) is 0 Å². The van der Waals surface area contributed by atoms with E-state index in [0.29, 0.717) is 12.2 Å². The van der Waals surface area contributed by atoms with Crippen LogP contribution in [0.5, 0.6) is 0 Å². The molecule has 0 bridgehead atoms. The van der Waals surface area contributed by atoms with Gasteiger partial charge in [0.1, 0.15) is 17.3 Å². The largest absolute Gasteiger partial charge is 0.378 e. The molecule has 0 fully saturated rings. The first kappa shape index (κ1) is 12.9. The fourth-order valence-electron chi connectivity index (χ4n) is 1.30. The van der Waals surface area contributed by atoms with Crippen LogP contribution in [0.4, 0.5) is 11.4 Å². The fourth-order valence-corrected chi connectivity index (χ4v) is 1.30. The molecule has 1 aromatic carbocycles. The molecular weight excluding hydrogens is 220 g/mol. The Balaban J connectivity index is 3.08. The van der Waals surface area contributed by atoms with E-state index < -0.39 is 10.5 Å². The highest BCUT2D eigenvalue weighted by Gasteiger charge is 2.20. The van der Waals surface area contributed by atoms with Gasteiger partial charge >= 0.3 is 5.69 Å². The second kappa shape index (κ2) is 4.80. The third-order valence-electron chi connectivity index (χ3n) is 2.07. The molecule has 0 amide bonds. The minimum Gasteiger partial charge on any atom is -0.378 e. The fraction of sp³-hybridized carbons (Fsp3) is 0.364. The minimum atomic E-state index is -0.565. The molecule has 0 spiro atoms. The van der Waals surface area contributed by atoms with Crippen LogP contribution in [0.25, 0.3) is 0 Å². The van der Waals surface area contributed by atoms with E-state index in [0.717, 1.165) is 0 Å². The van der Waals surface area contributed by atoms with E-state index in [4.69, 9.17) is 11.0 Å². The summed E-state index contributed by atoms with van der Waals surface area (Å²) < 4.78 is 0. The van der Waals surface area contributed by atoms with E-state index in [1.54, 1.807) is 32.0 Å². The summed E-state index contributed by atoms with van der Waals surface area (Å²) in [6, 6.07) is 6.37. The molecule has 0 aliphatic carbocycles. The van der Waals surface area contributed by atoms with E-state index >= 15 is 0 Å². The second-order valence-corrected chi connectivity index (χ2v) is 4.41. The molecule has 0 aliphatic rings. The van der Waals surface area contributed by atoms with Crippen LogP contribution < -0.4 is 11.1 Å². The van der Waals surface area contributed by atoms with Crippen LogP contribution in [0.3, 0.4) is 0 Å². The molecule has 17 heavy (non-hydrogen) atoms. The molecule has 1 aromatic rings. The number of nitrogens with one attached hydrogen (secondary N) is 1. The summed E-state index contributed by atoms with van der Waals surface area (Å²) in [6.07, 6.45) is 0. The molecule has 90 valence electrons. The Morgan fingerprint density at radius 3 is 2.71 bits per heavy atom. The zero-order valence-corrected chi connectivity index (χ0v) is 9.73. The van der Waals surface area contributed by atoms with Gasteiger partial charge in [0, 0.05) is 12.1 Å². The van der Waals surface area contributed by atoms with Gasteiger partial charge in [-0.05, 0) is 26.0 Å². The smallest absolute Gasteiger partial charge is 0.309 e. The molecule has 0 saturated heterocycles. The lowest BCUT2D eigenvalue weighted by Gasteiger charge is -2.19. The summed E-state index contributed by atoms with van der Waals surface area (Å²) in [5, 5.41) is 22.6. The lowest BCUT2D eigenvalue weighted by atomic mass is 10.1. The van der Waals surface area contributed by atoms with Crippen LogP contribution >= 0.6 is 0 Å². The van der Waals surface area contributed by atoms with E-state index in [9.17, 15) is 10.1 Å². The maximum atomic E-state index is 10.9. The third kappa shape index (κ3) is 3.43. The zero-order chi connectivity index (χ0) is 13.1. The van der Waals surface area contributed by atoms with Crippen molar-refractivity contribution in [1.29, 1.82) is 5.26 Å². The zero-order valence-electron chi connectivity index (χ0n) is 9.73. The first-order chi connectivity index (χ1) is 7.85. The number of nitro groups is 1. The Morgan fingerprint density at radius 1 is 1.59 bits per heavy atom. The van der Waals surface area contributed by atoms with Crippen molar-refractivity contribution in [3.63, 3.8) is 0 Å². The van der Waals surface area contributed by atoms with Gasteiger partial charge in [-0.1, -0.05) is 6.07 Å². The number of hydrogen-bond donors (Lipinski definition) is 2. The summed E-state index contributed by atoms with van der Waals surface area (Å²) >= 11 is 0. The van der Waals surface area contributed by atoms with Crippen molar-refractivity contribution in [3.8, 4) is 6.07 Å². The number of rotatable bonds is 4. The van der Waals surface area contributed by atoms with Crippen molar-refractivity contribution < 1.29 is 4.92 Å². The molecule has 0 aliphatic heterocycles. The summed E-state index contributed by atoms with van der Waals surface area (Å²) in [4.78, 5) is 10.3. The number of para-hydroxylation sites is 1. The van der Waals surface area contributed by atoms with Crippen molar-refractivity contribution in [2.24, 2.45) is 5.73 Å². The topological polar surface area (TPSA) is 105 Å². The monoisotopic (exact) mass is 234 g/mol. The minimum absolute atomic E-state index is 0.0369. The van der Waals surface area contributed by atoms with E-state index in [1.807, 2.05) is 0 Å². The average molecular weight is 234 g/mol. The van der Waals surface area contributed by atoms with E-state index in [2.05, 4.69) is 5.32 Å². The quantitative estimate of drug-likeness (QED) is 0.608. The Bertz CT molecular complexity index is 471. The molecule has 0 saturated carbocycles. The first-order valence-electron chi connectivity index (χ1n) is 5.05. The standard InChI is InChI=1S/C11H14N4O2/c1-11(2,13)7-14-9-5-3-4-8(6-12)10(9)15(16)17/h3-5,14H,7,13H2,1-2H3. The summed E-state index contributed by atoms with van der Waals surface area (Å²) in [5.41, 5.74) is 5.43. The number of nitro benzene ring substituents is 1. The van der Waals surface area contributed by atoms with Gasteiger partial charge < -0.3 is 11.1 Å². The highest BCUT2D eigenvalue weighted by molar-refractivity contribution is 5.68. The van der Waals surface area contributed by atoms with Gasteiger partial charge in [0.2, 0.25) is 0 Å². The maximum absolute atomic E-state index is 10.9. The van der Waals surface area contributed by atoms with Crippen LogP contribution in [-0.2, 0) is 0 Å². The van der Waals surface area contributed by atoms with Gasteiger partial charge in [-0.15, -0.1) is 0 Å². The molecule has 0 aromatic heterocycles. The number of hydrogen-bond acceptors (Lipinski definition) is 5. The number of nitrogens with zero attached hydrogens (tertiary/aromatic N) is 2. The molecular formula is C11H14N4O2. The Hall–Kier alpha value is -2.13. The molecule has 1 rings (SSSR count). The molecule has 0 unspecified atom stereocenters.